The number of benzene rings is 1. The number of halogens is 2. The van der Waals surface area contributed by atoms with E-state index in [0.717, 1.165) is 18.4 Å². The SMILES string of the molecule is Fc1ccc(C2CCC(N3CCC4(CSC4)C3)CC2)cc1F. The van der Waals surface area contributed by atoms with Crippen LogP contribution in [0.2, 0.25) is 0 Å². The predicted octanol–water partition coefficient (Wildman–Crippen LogP) is 4.43. The van der Waals surface area contributed by atoms with Crippen molar-refractivity contribution in [3.05, 3.63) is 35.4 Å². The maximum Gasteiger partial charge on any atom is 0.159 e. The van der Waals surface area contributed by atoms with Crippen molar-refractivity contribution in [3.63, 3.8) is 0 Å². The molecule has 3 fully saturated rings. The predicted molar refractivity (Wildman–Crippen MR) is 87.3 cm³/mol. The van der Waals surface area contributed by atoms with Crippen LogP contribution in [0.4, 0.5) is 8.78 Å². The Kier molecular flexibility index (Phi) is 3.93. The van der Waals surface area contributed by atoms with Crippen molar-refractivity contribution in [1.82, 2.24) is 4.90 Å². The molecule has 0 N–H and O–H groups in total. The largest absolute Gasteiger partial charge is 0.300 e. The summed E-state index contributed by atoms with van der Waals surface area (Å²) < 4.78 is 26.5. The monoisotopic (exact) mass is 323 g/mol. The van der Waals surface area contributed by atoms with Gasteiger partial charge in [-0.3, -0.25) is 4.90 Å². The van der Waals surface area contributed by atoms with Crippen LogP contribution >= 0.6 is 11.8 Å². The van der Waals surface area contributed by atoms with Gasteiger partial charge in [-0.1, -0.05) is 6.07 Å². The number of hydrogen-bond acceptors (Lipinski definition) is 2. The fraction of sp³-hybridized carbons (Fsp3) is 0.667. The summed E-state index contributed by atoms with van der Waals surface area (Å²) in [6, 6.07) is 5.15. The van der Waals surface area contributed by atoms with Gasteiger partial charge in [0.2, 0.25) is 0 Å². The van der Waals surface area contributed by atoms with E-state index in [1.807, 2.05) is 0 Å². The van der Waals surface area contributed by atoms with E-state index in [-0.39, 0.29) is 0 Å². The van der Waals surface area contributed by atoms with E-state index < -0.39 is 11.6 Å². The first-order chi connectivity index (χ1) is 10.7. The number of nitrogens with zero attached hydrogens (tertiary/aromatic N) is 1. The van der Waals surface area contributed by atoms with Crippen molar-refractivity contribution in [2.45, 2.75) is 44.1 Å². The minimum atomic E-state index is -0.738. The van der Waals surface area contributed by atoms with Gasteiger partial charge in [0, 0.05) is 29.5 Å². The zero-order valence-corrected chi connectivity index (χ0v) is 13.7. The van der Waals surface area contributed by atoms with E-state index in [0.29, 0.717) is 17.4 Å². The average molecular weight is 323 g/mol. The Balaban J connectivity index is 1.35. The Morgan fingerprint density at radius 1 is 1.05 bits per heavy atom. The molecule has 0 bridgehead atoms. The van der Waals surface area contributed by atoms with Gasteiger partial charge < -0.3 is 0 Å². The second-order valence-electron chi connectivity index (χ2n) is 7.39. The summed E-state index contributed by atoms with van der Waals surface area (Å²) in [5, 5.41) is 0. The van der Waals surface area contributed by atoms with E-state index in [2.05, 4.69) is 16.7 Å². The fourth-order valence-electron chi connectivity index (χ4n) is 4.45. The van der Waals surface area contributed by atoms with Crippen LogP contribution in [0, 0.1) is 17.0 Å². The molecule has 120 valence electrons. The molecule has 0 amide bonds. The molecule has 2 saturated heterocycles. The second kappa shape index (κ2) is 5.79. The number of likely N-dealkylation sites (tertiary alicyclic amines) is 1. The molecule has 1 aromatic rings. The van der Waals surface area contributed by atoms with E-state index in [4.69, 9.17) is 0 Å². The summed E-state index contributed by atoms with van der Waals surface area (Å²) >= 11 is 2.09. The van der Waals surface area contributed by atoms with Gasteiger partial charge in [0.05, 0.1) is 0 Å². The van der Waals surface area contributed by atoms with Gasteiger partial charge in [0.25, 0.3) is 0 Å². The molecule has 2 aliphatic heterocycles. The quantitative estimate of drug-likeness (QED) is 0.792. The van der Waals surface area contributed by atoms with Crippen LogP contribution in [0.5, 0.6) is 0 Å². The van der Waals surface area contributed by atoms with Gasteiger partial charge in [-0.05, 0) is 62.3 Å². The summed E-state index contributed by atoms with van der Waals surface area (Å²) in [4.78, 5) is 2.71. The zero-order valence-electron chi connectivity index (χ0n) is 12.9. The van der Waals surface area contributed by atoms with Crippen molar-refractivity contribution in [1.29, 1.82) is 0 Å². The van der Waals surface area contributed by atoms with Crippen molar-refractivity contribution >= 4 is 11.8 Å². The second-order valence-corrected chi connectivity index (χ2v) is 8.38. The Morgan fingerprint density at radius 2 is 1.82 bits per heavy atom. The summed E-state index contributed by atoms with van der Waals surface area (Å²) in [6.07, 6.45) is 5.99. The number of thioether (sulfide) groups is 1. The van der Waals surface area contributed by atoms with Crippen molar-refractivity contribution in [3.8, 4) is 0 Å². The van der Waals surface area contributed by atoms with Gasteiger partial charge in [-0.15, -0.1) is 0 Å². The van der Waals surface area contributed by atoms with E-state index in [1.165, 1.54) is 56.0 Å². The molecule has 22 heavy (non-hydrogen) atoms. The lowest BCUT2D eigenvalue weighted by Gasteiger charge is -2.40. The first-order valence-corrected chi connectivity index (χ1v) is 9.57. The van der Waals surface area contributed by atoms with Crippen LogP contribution in [-0.2, 0) is 0 Å². The molecule has 0 radical (unpaired) electrons. The molecule has 0 atom stereocenters. The third-order valence-corrected chi connectivity index (χ3v) is 7.55. The molecule has 4 heteroatoms. The van der Waals surface area contributed by atoms with Crippen LogP contribution in [-0.4, -0.2) is 35.5 Å². The van der Waals surface area contributed by atoms with Gasteiger partial charge in [0.1, 0.15) is 0 Å². The van der Waals surface area contributed by atoms with E-state index >= 15 is 0 Å². The molecule has 4 rings (SSSR count). The highest BCUT2D eigenvalue weighted by atomic mass is 32.2. The minimum absolute atomic E-state index is 0.405. The highest BCUT2D eigenvalue weighted by Gasteiger charge is 2.45. The lowest BCUT2D eigenvalue weighted by molar-refractivity contribution is 0.166. The Hall–Kier alpha value is -0.610. The molecular weight excluding hydrogens is 300 g/mol. The highest BCUT2D eigenvalue weighted by Crippen LogP contribution is 2.47. The molecule has 1 saturated carbocycles. The normalized spacial score (nSPS) is 31.4. The highest BCUT2D eigenvalue weighted by molar-refractivity contribution is 8.00. The molecule has 2 heterocycles. The van der Waals surface area contributed by atoms with Crippen LogP contribution in [0.25, 0.3) is 0 Å². The van der Waals surface area contributed by atoms with Gasteiger partial charge in [0.15, 0.2) is 11.6 Å². The third-order valence-electron chi connectivity index (χ3n) is 5.91. The lowest BCUT2D eigenvalue weighted by atomic mass is 9.81. The molecule has 1 aromatic carbocycles. The molecule has 1 nitrogen and oxygen atoms in total. The summed E-state index contributed by atoms with van der Waals surface area (Å²) in [7, 11) is 0. The molecule has 1 aliphatic carbocycles. The minimum Gasteiger partial charge on any atom is -0.300 e. The van der Waals surface area contributed by atoms with Gasteiger partial charge in [-0.25, -0.2) is 8.78 Å². The third kappa shape index (κ3) is 2.69. The number of hydrogen-bond donors (Lipinski definition) is 0. The van der Waals surface area contributed by atoms with Crippen molar-refractivity contribution in [2.75, 3.05) is 24.6 Å². The molecule has 3 aliphatic rings. The smallest absolute Gasteiger partial charge is 0.159 e. The topological polar surface area (TPSA) is 3.24 Å². The summed E-state index contributed by atoms with van der Waals surface area (Å²) in [6.45, 7) is 2.56. The van der Waals surface area contributed by atoms with Crippen LogP contribution < -0.4 is 0 Å². The molecule has 1 spiro atoms. The van der Waals surface area contributed by atoms with Crippen molar-refractivity contribution in [2.24, 2.45) is 5.41 Å². The molecule has 0 aromatic heterocycles. The summed E-state index contributed by atoms with van der Waals surface area (Å²) in [5.41, 5.74) is 1.62. The van der Waals surface area contributed by atoms with Gasteiger partial charge in [-0.2, -0.15) is 11.8 Å². The maximum atomic E-state index is 13.4. The van der Waals surface area contributed by atoms with Crippen LogP contribution in [0.3, 0.4) is 0 Å². The van der Waals surface area contributed by atoms with Crippen LogP contribution in [0.15, 0.2) is 18.2 Å². The van der Waals surface area contributed by atoms with Crippen molar-refractivity contribution < 1.29 is 8.78 Å². The molecule has 0 unspecified atom stereocenters. The zero-order chi connectivity index (χ0) is 15.2. The average Bonchev–Trinajstić information content (AvgIpc) is 2.96. The standard InChI is InChI=1S/C18H23F2NS/c19-16-6-3-14(9-17(16)20)13-1-4-15(5-2-13)21-8-7-18(10-21)11-22-12-18/h3,6,9,13,15H,1-2,4-5,7-8,10-12H2. The van der Waals surface area contributed by atoms with E-state index in [9.17, 15) is 8.78 Å². The summed E-state index contributed by atoms with van der Waals surface area (Å²) in [5.74, 6) is 1.67. The van der Waals surface area contributed by atoms with Gasteiger partial charge >= 0.3 is 0 Å². The number of rotatable bonds is 2. The Bertz CT molecular complexity index is 550. The van der Waals surface area contributed by atoms with E-state index in [1.54, 1.807) is 6.07 Å². The molecular formula is C18H23F2NS. The Morgan fingerprint density at radius 3 is 2.41 bits per heavy atom. The lowest BCUT2D eigenvalue weighted by Crippen LogP contribution is -2.42. The fourth-order valence-corrected chi connectivity index (χ4v) is 5.70. The first-order valence-electron chi connectivity index (χ1n) is 8.42. The van der Waals surface area contributed by atoms with Crippen LogP contribution in [0.1, 0.15) is 43.6 Å². The first kappa shape index (κ1) is 14.9. The Labute approximate surface area is 135 Å². The maximum absolute atomic E-state index is 13.4.